The molecular formula is C27H36N2O3. The van der Waals surface area contributed by atoms with Crippen LogP contribution in [0.15, 0.2) is 42.5 Å². The van der Waals surface area contributed by atoms with Gasteiger partial charge in [0.15, 0.2) is 0 Å². The van der Waals surface area contributed by atoms with E-state index >= 15 is 0 Å². The van der Waals surface area contributed by atoms with Crippen molar-refractivity contribution in [2.45, 2.75) is 77.9 Å². The first-order valence-corrected chi connectivity index (χ1v) is 11.7. The number of nitrogens with zero attached hydrogens (tertiary/aromatic N) is 1. The van der Waals surface area contributed by atoms with Crippen molar-refractivity contribution >= 4 is 11.8 Å². The fraction of sp³-hybridized carbons (Fsp3) is 0.481. The molecule has 2 amide bonds. The molecule has 0 aromatic heterocycles. The molecule has 0 spiro atoms. The van der Waals surface area contributed by atoms with E-state index in [1.165, 1.54) is 6.42 Å². The van der Waals surface area contributed by atoms with Gasteiger partial charge in [-0.3, -0.25) is 9.59 Å². The van der Waals surface area contributed by atoms with Crippen LogP contribution >= 0.6 is 0 Å². The van der Waals surface area contributed by atoms with E-state index in [1.807, 2.05) is 57.2 Å². The van der Waals surface area contributed by atoms with Crippen LogP contribution < -0.4 is 10.1 Å². The first-order valence-electron chi connectivity index (χ1n) is 11.7. The normalized spacial score (nSPS) is 15.1. The van der Waals surface area contributed by atoms with E-state index in [2.05, 4.69) is 11.4 Å². The van der Waals surface area contributed by atoms with Crippen molar-refractivity contribution in [2.24, 2.45) is 0 Å². The van der Waals surface area contributed by atoms with Crippen molar-refractivity contribution in [3.63, 3.8) is 0 Å². The third-order valence-corrected chi connectivity index (χ3v) is 6.24. The van der Waals surface area contributed by atoms with Crippen molar-refractivity contribution in [3.05, 3.63) is 64.7 Å². The molecule has 1 fully saturated rings. The van der Waals surface area contributed by atoms with Crippen LogP contribution in [0.25, 0.3) is 0 Å². The van der Waals surface area contributed by atoms with Gasteiger partial charge in [0.05, 0.1) is 13.5 Å². The maximum absolute atomic E-state index is 13.4. The number of hydrogen-bond acceptors (Lipinski definition) is 3. The summed E-state index contributed by atoms with van der Waals surface area (Å²) in [5.41, 5.74) is 4.18. The Bertz CT molecular complexity index is 914. The SMILES string of the molecule is COc1cccc(CN(C(=O)Cc2cc(C)cc(C)c2)[C@@H](C)C(=O)NC2CCCCC2)c1. The van der Waals surface area contributed by atoms with Gasteiger partial charge in [-0.05, 0) is 56.9 Å². The highest BCUT2D eigenvalue weighted by molar-refractivity contribution is 5.88. The summed E-state index contributed by atoms with van der Waals surface area (Å²) in [7, 11) is 1.63. The van der Waals surface area contributed by atoms with Crippen LogP contribution in [0.2, 0.25) is 0 Å². The molecule has 0 saturated heterocycles. The predicted molar refractivity (Wildman–Crippen MR) is 128 cm³/mol. The molecule has 1 saturated carbocycles. The van der Waals surface area contributed by atoms with E-state index in [4.69, 9.17) is 4.74 Å². The lowest BCUT2D eigenvalue weighted by atomic mass is 9.95. The third kappa shape index (κ3) is 6.59. The van der Waals surface area contributed by atoms with Crippen molar-refractivity contribution in [2.75, 3.05) is 7.11 Å². The number of carbonyl (C=O) groups excluding carboxylic acids is 2. The molecule has 1 atom stereocenters. The number of aryl methyl sites for hydroxylation is 2. The summed E-state index contributed by atoms with van der Waals surface area (Å²) in [6.45, 7) is 6.27. The van der Waals surface area contributed by atoms with Gasteiger partial charge in [0.25, 0.3) is 0 Å². The fourth-order valence-electron chi connectivity index (χ4n) is 4.57. The number of carbonyl (C=O) groups is 2. The highest BCUT2D eigenvalue weighted by Crippen LogP contribution is 2.20. The third-order valence-electron chi connectivity index (χ3n) is 6.24. The summed E-state index contributed by atoms with van der Waals surface area (Å²) in [4.78, 5) is 28.2. The van der Waals surface area contributed by atoms with Crippen LogP contribution in [-0.4, -0.2) is 35.9 Å². The van der Waals surface area contributed by atoms with E-state index in [1.54, 1.807) is 12.0 Å². The highest BCUT2D eigenvalue weighted by atomic mass is 16.5. The van der Waals surface area contributed by atoms with E-state index in [-0.39, 0.29) is 24.3 Å². The van der Waals surface area contributed by atoms with E-state index in [0.717, 1.165) is 53.7 Å². The lowest BCUT2D eigenvalue weighted by molar-refractivity contribution is -0.140. The average molecular weight is 437 g/mol. The van der Waals surface area contributed by atoms with Crippen LogP contribution in [0.4, 0.5) is 0 Å². The number of amides is 2. The summed E-state index contributed by atoms with van der Waals surface area (Å²) in [6, 6.07) is 13.5. The van der Waals surface area contributed by atoms with Crippen molar-refractivity contribution in [3.8, 4) is 5.75 Å². The largest absolute Gasteiger partial charge is 0.497 e. The fourth-order valence-corrected chi connectivity index (χ4v) is 4.57. The van der Waals surface area contributed by atoms with Crippen LogP contribution in [0.3, 0.4) is 0 Å². The zero-order chi connectivity index (χ0) is 23.1. The molecule has 2 aromatic carbocycles. The lowest BCUT2D eigenvalue weighted by Crippen LogP contribution is -2.50. The summed E-state index contributed by atoms with van der Waals surface area (Å²) < 4.78 is 5.34. The van der Waals surface area contributed by atoms with Gasteiger partial charge in [-0.15, -0.1) is 0 Å². The van der Waals surface area contributed by atoms with Crippen LogP contribution in [0, 0.1) is 13.8 Å². The molecule has 5 heteroatoms. The second-order valence-corrected chi connectivity index (χ2v) is 9.07. The molecule has 1 aliphatic carbocycles. The second kappa shape index (κ2) is 11.2. The van der Waals surface area contributed by atoms with E-state index < -0.39 is 6.04 Å². The minimum Gasteiger partial charge on any atom is -0.497 e. The second-order valence-electron chi connectivity index (χ2n) is 9.07. The Labute approximate surface area is 192 Å². The first kappa shape index (κ1) is 23.8. The van der Waals surface area contributed by atoms with Gasteiger partial charge in [-0.2, -0.15) is 0 Å². The Hall–Kier alpha value is -2.82. The van der Waals surface area contributed by atoms with Gasteiger partial charge in [0.2, 0.25) is 11.8 Å². The molecule has 172 valence electrons. The minimum atomic E-state index is -0.554. The van der Waals surface area contributed by atoms with Gasteiger partial charge in [0, 0.05) is 12.6 Å². The average Bonchev–Trinajstić information content (AvgIpc) is 2.77. The van der Waals surface area contributed by atoms with Crippen LogP contribution in [0.5, 0.6) is 5.75 Å². The standard InChI is InChI=1S/C27H36N2O3/c1-19-13-20(2)15-23(14-19)17-26(30)29(18-22-9-8-12-25(16-22)32-4)21(3)27(31)28-24-10-6-5-7-11-24/h8-9,12-16,21,24H,5-7,10-11,17-18H2,1-4H3,(H,28,31)/t21-/m0/s1. The first-order chi connectivity index (χ1) is 15.4. The smallest absolute Gasteiger partial charge is 0.242 e. The summed E-state index contributed by atoms with van der Waals surface area (Å²) >= 11 is 0. The lowest BCUT2D eigenvalue weighted by Gasteiger charge is -2.31. The van der Waals surface area contributed by atoms with Gasteiger partial charge in [-0.1, -0.05) is 60.7 Å². The Morgan fingerprint density at radius 1 is 1.03 bits per heavy atom. The molecule has 32 heavy (non-hydrogen) atoms. The summed E-state index contributed by atoms with van der Waals surface area (Å²) in [5.74, 6) is 0.612. The predicted octanol–water partition coefficient (Wildman–Crippen LogP) is 4.72. The van der Waals surface area contributed by atoms with Gasteiger partial charge in [0.1, 0.15) is 11.8 Å². The molecule has 2 aromatic rings. The van der Waals surface area contributed by atoms with Crippen LogP contribution in [0.1, 0.15) is 61.3 Å². The van der Waals surface area contributed by atoms with Gasteiger partial charge < -0.3 is 15.0 Å². The molecule has 0 bridgehead atoms. The topological polar surface area (TPSA) is 58.6 Å². The molecule has 0 unspecified atom stereocenters. The maximum atomic E-state index is 13.4. The molecular weight excluding hydrogens is 400 g/mol. The highest BCUT2D eigenvalue weighted by Gasteiger charge is 2.28. The molecule has 5 nitrogen and oxygen atoms in total. The quantitative estimate of drug-likeness (QED) is 0.651. The summed E-state index contributed by atoms with van der Waals surface area (Å²) in [5, 5.41) is 3.19. The number of benzene rings is 2. The molecule has 1 aliphatic rings. The number of rotatable bonds is 8. The summed E-state index contributed by atoms with van der Waals surface area (Å²) in [6.07, 6.45) is 5.85. The Morgan fingerprint density at radius 3 is 2.38 bits per heavy atom. The Balaban J connectivity index is 1.80. The number of hydrogen-bond donors (Lipinski definition) is 1. The van der Waals surface area contributed by atoms with Gasteiger partial charge >= 0.3 is 0 Å². The number of ether oxygens (including phenoxy) is 1. The van der Waals surface area contributed by atoms with E-state index in [0.29, 0.717) is 6.54 Å². The monoisotopic (exact) mass is 436 g/mol. The van der Waals surface area contributed by atoms with Crippen molar-refractivity contribution < 1.29 is 14.3 Å². The molecule has 0 aliphatic heterocycles. The minimum absolute atomic E-state index is 0.0517. The Morgan fingerprint density at radius 2 is 1.72 bits per heavy atom. The van der Waals surface area contributed by atoms with Crippen molar-refractivity contribution in [1.82, 2.24) is 10.2 Å². The number of methoxy groups -OCH3 is 1. The zero-order valence-corrected chi connectivity index (χ0v) is 19.8. The van der Waals surface area contributed by atoms with Crippen molar-refractivity contribution in [1.29, 1.82) is 0 Å². The van der Waals surface area contributed by atoms with Gasteiger partial charge in [-0.25, -0.2) is 0 Å². The number of nitrogens with one attached hydrogen (secondary N) is 1. The molecule has 0 radical (unpaired) electrons. The molecule has 1 N–H and O–H groups in total. The van der Waals surface area contributed by atoms with E-state index in [9.17, 15) is 9.59 Å². The molecule has 3 rings (SSSR count). The Kier molecular flexibility index (Phi) is 8.32. The maximum Gasteiger partial charge on any atom is 0.242 e. The zero-order valence-electron chi connectivity index (χ0n) is 19.8. The van der Waals surface area contributed by atoms with Crippen LogP contribution in [-0.2, 0) is 22.6 Å². The molecule has 0 heterocycles.